The molecule has 5 heteroatoms. The summed E-state index contributed by atoms with van der Waals surface area (Å²) >= 11 is 10.8. The number of thiophene rings is 1. The Kier molecular flexibility index (Phi) is 3.62. The van der Waals surface area contributed by atoms with Crippen molar-refractivity contribution in [2.45, 2.75) is 4.83 Å². The minimum Gasteiger partial charge on any atom is -0.204 e. The average Bonchev–Trinajstić information content (AvgIpc) is 2.75. The molecule has 0 aliphatic heterocycles. The zero-order chi connectivity index (χ0) is 11.7. The molecular weight excluding hydrogens is 318 g/mol. The Hall–Kier alpha value is -0.450. The fourth-order valence-electron chi connectivity index (χ4n) is 1.33. The summed E-state index contributed by atoms with van der Waals surface area (Å²) in [7, 11) is 0. The van der Waals surface area contributed by atoms with Gasteiger partial charge in [0.05, 0.1) is 4.83 Å². The summed E-state index contributed by atoms with van der Waals surface area (Å²) in [5.74, 6) is -1.82. The number of benzene rings is 1. The van der Waals surface area contributed by atoms with Gasteiger partial charge in [0.1, 0.15) is 0 Å². The topological polar surface area (TPSA) is 0 Å². The van der Waals surface area contributed by atoms with E-state index >= 15 is 0 Å². The number of rotatable bonds is 2. The molecule has 0 bridgehead atoms. The van der Waals surface area contributed by atoms with Crippen molar-refractivity contribution in [1.82, 2.24) is 0 Å². The molecule has 0 amide bonds. The zero-order valence-corrected chi connectivity index (χ0v) is 11.0. The van der Waals surface area contributed by atoms with E-state index in [2.05, 4.69) is 15.9 Å². The smallest absolute Gasteiger partial charge is 0.160 e. The van der Waals surface area contributed by atoms with Crippen LogP contribution >= 0.6 is 38.9 Å². The Morgan fingerprint density at radius 2 is 1.94 bits per heavy atom. The van der Waals surface area contributed by atoms with Crippen molar-refractivity contribution < 1.29 is 8.78 Å². The van der Waals surface area contributed by atoms with Crippen LogP contribution in [0.2, 0.25) is 5.02 Å². The molecule has 0 saturated heterocycles. The lowest BCUT2D eigenvalue weighted by Crippen LogP contribution is -1.95. The van der Waals surface area contributed by atoms with Crippen LogP contribution in [0.4, 0.5) is 8.78 Å². The third-order valence-electron chi connectivity index (χ3n) is 2.15. The van der Waals surface area contributed by atoms with Gasteiger partial charge < -0.3 is 0 Å². The third-order valence-corrected chi connectivity index (χ3v) is 4.20. The second-order valence-electron chi connectivity index (χ2n) is 3.21. The van der Waals surface area contributed by atoms with Gasteiger partial charge >= 0.3 is 0 Å². The van der Waals surface area contributed by atoms with E-state index in [1.165, 1.54) is 11.3 Å². The van der Waals surface area contributed by atoms with Crippen LogP contribution in [-0.4, -0.2) is 0 Å². The van der Waals surface area contributed by atoms with E-state index in [9.17, 15) is 8.78 Å². The Labute approximate surface area is 109 Å². The van der Waals surface area contributed by atoms with Gasteiger partial charge in [-0.1, -0.05) is 27.5 Å². The van der Waals surface area contributed by atoms with Gasteiger partial charge in [0.25, 0.3) is 0 Å². The lowest BCUT2D eigenvalue weighted by Gasteiger charge is -2.11. The molecule has 0 aliphatic rings. The van der Waals surface area contributed by atoms with Gasteiger partial charge in [-0.3, -0.25) is 0 Å². The summed E-state index contributed by atoms with van der Waals surface area (Å²) in [6, 6.07) is 4.02. The van der Waals surface area contributed by atoms with Crippen molar-refractivity contribution in [2.24, 2.45) is 0 Å². The maximum Gasteiger partial charge on any atom is 0.160 e. The number of alkyl halides is 1. The monoisotopic (exact) mass is 322 g/mol. The van der Waals surface area contributed by atoms with Crippen molar-refractivity contribution in [3.63, 3.8) is 0 Å². The predicted octanol–water partition coefficient (Wildman–Crippen LogP) is 5.16. The van der Waals surface area contributed by atoms with Crippen LogP contribution in [-0.2, 0) is 0 Å². The first-order valence-corrected chi connectivity index (χ1v) is 6.64. The molecule has 1 unspecified atom stereocenters. The van der Waals surface area contributed by atoms with Gasteiger partial charge in [0.2, 0.25) is 0 Å². The molecule has 0 N–H and O–H groups in total. The quantitative estimate of drug-likeness (QED) is 0.529. The highest BCUT2D eigenvalue weighted by Crippen LogP contribution is 2.36. The van der Waals surface area contributed by atoms with Crippen LogP contribution in [0.15, 0.2) is 29.0 Å². The molecule has 2 rings (SSSR count). The second-order valence-corrected chi connectivity index (χ2v) is 5.31. The molecule has 1 aromatic heterocycles. The normalized spacial score (nSPS) is 12.8. The van der Waals surface area contributed by atoms with Crippen LogP contribution in [0.5, 0.6) is 0 Å². The molecule has 0 radical (unpaired) electrons. The molecule has 0 fully saturated rings. The van der Waals surface area contributed by atoms with Gasteiger partial charge in [-0.25, -0.2) is 8.78 Å². The van der Waals surface area contributed by atoms with Gasteiger partial charge in [-0.2, -0.15) is 11.3 Å². The molecule has 0 saturated carbocycles. The molecule has 0 spiro atoms. The standard InChI is InChI=1S/C11H6BrClF2S/c12-11(6-1-2-16-5-6)7-3-9(14)10(15)4-8(7)13/h1-5,11H. The number of hydrogen-bond donors (Lipinski definition) is 0. The Morgan fingerprint density at radius 1 is 1.25 bits per heavy atom. The molecule has 84 valence electrons. The lowest BCUT2D eigenvalue weighted by molar-refractivity contribution is 0.507. The fraction of sp³-hybridized carbons (Fsp3) is 0.0909. The summed E-state index contributed by atoms with van der Waals surface area (Å²) in [5, 5.41) is 4.06. The summed E-state index contributed by atoms with van der Waals surface area (Å²) in [6.45, 7) is 0. The van der Waals surface area contributed by atoms with E-state index in [0.29, 0.717) is 5.56 Å². The van der Waals surface area contributed by atoms with Crippen molar-refractivity contribution in [2.75, 3.05) is 0 Å². The molecule has 1 atom stereocenters. The zero-order valence-electron chi connectivity index (χ0n) is 7.88. The van der Waals surface area contributed by atoms with E-state index in [1.54, 1.807) is 0 Å². The lowest BCUT2D eigenvalue weighted by atomic mass is 10.1. The largest absolute Gasteiger partial charge is 0.204 e. The fourth-order valence-corrected chi connectivity index (χ4v) is 3.25. The first-order valence-electron chi connectivity index (χ1n) is 4.40. The molecule has 0 aliphatic carbocycles. The maximum absolute atomic E-state index is 13.1. The third kappa shape index (κ3) is 2.29. The maximum atomic E-state index is 13.1. The van der Waals surface area contributed by atoms with Crippen LogP contribution in [0.25, 0.3) is 0 Å². The summed E-state index contributed by atoms with van der Waals surface area (Å²) in [4.78, 5) is -0.221. The molecular formula is C11H6BrClF2S. The highest BCUT2D eigenvalue weighted by atomic mass is 79.9. The van der Waals surface area contributed by atoms with E-state index in [-0.39, 0.29) is 9.85 Å². The molecule has 1 heterocycles. The minimum absolute atomic E-state index is 0.215. The Morgan fingerprint density at radius 3 is 2.56 bits per heavy atom. The van der Waals surface area contributed by atoms with Crippen molar-refractivity contribution in [1.29, 1.82) is 0 Å². The molecule has 16 heavy (non-hydrogen) atoms. The molecule has 2 aromatic rings. The van der Waals surface area contributed by atoms with Gasteiger partial charge in [0.15, 0.2) is 11.6 Å². The van der Waals surface area contributed by atoms with E-state index < -0.39 is 11.6 Å². The Balaban J connectivity index is 2.44. The van der Waals surface area contributed by atoms with Crippen LogP contribution < -0.4 is 0 Å². The van der Waals surface area contributed by atoms with Crippen molar-refractivity contribution in [3.05, 3.63) is 56.7 Å². The van der Waals surface area contributed by atoms with Gasteiger partial charge in [0, 0.05) is 5.02 Å². The van der Waals surface area contributed by atoms with E-state index in [1.807, 2.05) is 16.8 Å². The first kappa shape index (κ1) is 12.0. The Bertz CT molecular complexity index is 499. The van der Waals surface area contributed by atoms with E-state index in [0.717, 1.165) is 17.7 Å². The summed E-state index contributed by atoms with van der Waals surface area (Å²) in [5.41, 5.74) is 1.50. The predicted molar refractivity (Wildman–Crippen MR) is 66.5 cm³/mol. The number of hydrogen-bond acceptors (Lipinski definition) is 1. The number of halogens is 4. The minimum atomic E-state index is -0.932. The van der Waals surface area contributed by atoms with Crippen LogP contribution in [0, 0.1) is 11.6 Å². The highest BCUT2D eigenvalue weighted by Gasteiger charge is 2.17. The van der Waals surface area contributed by atoms with Gasteiger partial charge in [-0.05, 0) is 40.1 Å². The second kappa shape index (κ2) is 4.82. The SMILES string of the molecule is Fc1cc(Cl)c(C(Br)c2ccsc2)cc1F. The van der Waals surface area contributed by atoms with Crippen LogP contribution in [0.1, 0.15) is 16.0 Å². The van der Waals surface area contributed by atoms with Gasteiger partial charge in [-0.15, -0.1) is 0 Å². The first-order chi connectivity index (χ1) is 7.59. The molecule has 1 aromatic carbocycles. The molecule has 0 nitrogen and oxygen atoms in total. The summed E-state index contributed by atoms with van der Waals surface area (Å²) in [6.07, 6.45) is 0. The van der Waals surface area contributed by atoms with Crippen molar-refractivity contribution >= 4 is 38.9 Å². The average molecular weight is 324 g/mol. The highest BCUT2D eigenvalue weighted by molar-refractivity contribution is 9.09. The van der Waals surface area contributed by atoms with Crippen molar-refractivity contribution in [3.8, 4) is 0 Å². The van der Waals surface area contributed by atoms with Crippen LogP contribution in [0.3, 0.4) is 0 Å². The van der Waals surface area contributed by atoms with E-state index in [4.69, 9.17) is 11.6 Å². The summed E-state index contributed by atoms with van der Waals surface area (Å²) < 4.78 is 26.0.